The first-order valence-electron chi connectivity index (χ1n) is 14.2. The van der Waals surface area contributed by atoms with E-state index in [1.54, 1.807) is 0 Å². The van der Waals surface area contributed by atoms with Gasteiger partial charge in [0.25, 0.3) is 0 Å². The van der Waals surface area contributed by atoms with Gasteiger partial charge in [-0.25, -0.2) is 0 Å². The zero-order chi connectivity index (χ0) is 27.6. The fourth-order valence-electron chi connectivity index (χ4n) is 6.52. The number of fused-ring (bicyclic) bond motifs is 8. The van der Waals surface area contributed by atoms with E-state index >= 15 is 0 Å². The number of rotatable bonds is 4. The molecule has 0 unspecified atom stereocenters. The lowest BCUT2D eigenvalue weighted by Gasteiger charge is -2.25. The van der Waals surface area contributed by atoms with Gasteiger partial charge >= 0.3 is 0 Å². The predicted octanol–water partition coefficient (Wildman–Crippen LogP) is 10.9. The minimum absolute atomic E-state index is 1.13. The van der Waals surface area contributed by atoms with E-state index in [-0.39, 0.29) is 0 Å². The van der Waals surface area contributed by atoms with Crippen molar-refractivity contribution in [3.8, 4) is 5.69 Å². The van der Waals surface area contributed by atoms with Crippen LogP contribution >= 0.6 is 11.3 Å². The van der Waals surface area contributed by atoms with Crippen LogP contribution in [0.15, 0.2) is 152 Å². The molecule has 4 heteroatoms. The van der Waals surface area contributed by atoms with Crippen molar-refractivity contribution >= 4 is 76.2 Å². The molecule has 0 bridgehead atoms. The van der Waals surface area contributed by atoms with Crippen molar-refractivity contribution in [2.24, 2.45) is 0 Å². The zero-order valence-electron chi connectivity index (χ0n) is 22.7. The van der Waals surface area contributed by atoms with Crippen LogP contribution < -0.4 is 4.90 Å². The van der Waals surface area contributed by atoms with Crippen LogP contribution in [0.5, 0.6) is 0 Å². The molecule has 0 atom stereocenters. The van der Waals surface area contributed by atoms with Gasteiger partial charge in [-0.3, -0.25) is 4.40 Å². The van der Waals surface area contributed by atoms with E-state index < -0.39 is 0 Å². The molecular formula is C38H25N3S. The molecule has 0 aliphatic rings. The lowest BCUT2D eigenvalue weighted by Crippen LogP contribution is -2.09. The van der Waals surface area contributed by atoms with Gasteiger partial charge in [0.15, 0.2) is 0 Å². The monoisotopic (exact) mass is 555 g/mol. The van der Waals surface area contributed by atoms with Crippen LogP contribution in [-0.4, -0.2) is 8.97 Å². The maximum Gasteiger partial charge on any atom is 0.126 e. The van der Waals surface area contributed by atoms with Crippen molar-refractivity contribution in [3.05, 3.63) is 152 Å². The summed E-state index contributed by atoms with van der Waals surface area (Å²) in [6.45, 7) is 0. The fraction of sp³-hybridized carbons (Fsp3) is 0. The van der Waals surface area contributed by atoms with Gasteiger partial charge in [-0.1, -0.05) is 84.9 Å². The van der Waals surface area contributed by atoms with Crippen molar-refractivity contribution in [2.45, 2.75) is 0 Å². The minimum atomic E-state index is 1.13. The molecule has 9 rings (SSSR count). The Morgan fingerprint density at radius 1 is 0.429 bits per heavy atom. The molecule has 3 heterocycles. The molecule has 3 nitrogen and oxygen atoms in total. The predicted molar refractivity (Wildman–Crippen MR) is 179 cm³/mol. The van der Waals surface area contributed by atoms with Gasteiger partial charge in [0.2, 0.25) is 0 Å². The second-order valence-corrected chi connectivity index (χ2v) is 11.7. The SMILES string of the molecule is c1ccc(N(c2ccc(-n3c4ccccc4c4ccccc43)cc2)c2c3ccccc3n3c2sc2ccccc23)cc1. The number of para-hydroxylation sites is 5. The molecule has 0 saturated heterocycles. The number of thiazole rings is 1. The third-order valence-electron chi connectivity index (χ3n) is 8.30. The summed E-state index contributed by atoms with van der Waals surface area (Å²) in [7, 11) is 0. The van der Waals surface area contributed by atoms with E-state index in [0.717, 1.165) is 17.1 Å². The largest absolute Gasteiger partial charge is 0.309 e. The second-order valence-electron chi connectivity index (χ2n) is 10.6. The van der Waals surface area contributed by atoms with Crippen molar-refractivity contribution in [1.29, 1.82) is 0 Å². The normalized spacial score (nSPS) is 11.8. The van der Waals surface area contributed by atoms with Crippen LogP contribution in [0.1, 0.15) is 0 Å². The third kappa shape index (κ3) is 3.33. The van der Waals surface area contributed by atoms with Crippen molar-refractivity contribution in [3.63, 3.8) is 0 Å². The van der Waals surface area contributed by atoms with Crippen LogP contribution in [0.25, 0.3) is 53.4 Å². The quantitative estimate of drug-likeness (QED) is 0.210. The van der Waals surface area contributed by atoms with Gasteiger partial charge < -0.3 is 9.47 Å². The van der Waals surface area contributed by atoms with Gasteiger partial charge in [-0.2, -0.15) is 0 Å². The van der Waals surface area contributed by atoms with E-state index in [9.17, 15) is 0 Å². The highest BCUT2D eigenvalue weighted by atomic mass is 32.1. The van der Waals surface area contributed by atoms with Crippen molar-refractivity contribution < 1.29 is 0 Å². The number of benzene rings is 6. The number of hydrogen-bond acceptors (Lipinski definition) is 2. The first-order valence-corrected chi connectivity index (χ1v) is 15.0. The van der Waals surface area contributed by atoms with Crippen LogP contribution in [0, 0.1) is 0 Å². The fourth-order valence-corrected chi connectivity index (χ4v) is 7.72. The van der Waals surface area contributed by atoms with Gasteiger partial charge in [-0.15, -0.1) is 11.3 Å². The van der Waals surface area contributed by atoms with Gasteiger partial charge in [0.1, 0.15) is 4.83 Å². The Hall–Kier alpha value is -5.32. The Morgan fingerprint density at radius 3 is 1.64 bits per heavy atom. The molecule has 0 spiro atoms. The van der Waals surface area contributed by atoms with Gasteiger partial charge in [0, 0.05) is 33.2 Å². The van der Waals surface area contributed by atoms with Crippen molar-refractivity contribution in [2.75, 3.05) is 4.90 Å². The Kier molecular flexibility index (Phi) is 5.07. The van der Waals surface area contributed by atoms with Crippen LogP contribution in [-0.2, 0) is 0 Å². The summed E-state index contributed by atoms with van der Waals surface area (Å²) in [5, 5.41) is 3.79. The molecule has 0 fully saturated rings. The number of anilines is 3. The summed E-state index contributed by atoms with van der Waals surface area (Å²) in [4.78, 5) is 3.66. The molecule has 0 aliphatic heterocycles. The Labute approximate surface area is 246 Å². The van der Waals surface area contributed by atoms with Gasteiger partial charge in [0.05, 0.1) is 32.5 Å². The standard InChI is InChI=1S/C38H25N3S/c1-2-12-26(13-3-1)39(37-31-16-6-9-19-34(31)41-35-20-10-11-21-36(35)42-38(37)41)27-22-24-28(25-23-27)40-32-17-7-4-14-29(32)30-15-5-8-18-33(30)40/h1-25H. The average Bonchev–Trinajstić information content (AvgIpc) is 3.70. The molecule has 42 heavy (non-hydrogen) atoms. The first kappa shape index (κ1) is 23.4. The molecule has 198 valence electrons. The second kappa shape index (κ2) is 9.10. The summed E-state index contributed by atoms with van der Waals surface area (Å²) >= 11 is 1.85. The Bertz CT molecular complexity index is 2360. The van der Waals surface area contributed by atoms with Crippen LogP contribution in [0.4, 0.5) is 17.1 Å². The minimum Gasteiger partial charge on any atom is -0.309 e. The van der Waals surface area contributed by atoms with Crippen LogP contribution in [0.2, 0.25) is 0 Å². The van der Waals surface area contributed by atoms with Gasteiger partial charge in [-0.05, 0) is 66.7 Å². The van der Waals surface area contributed by atoms with E-state index in [2.05, 4.69) is 166 Å². The van der Waals surface area contributed by atoms with Crippen molar-refractivity contribution in [1.82, 2.24) is 8.97 Å². The summed E-state index contributed by atoms with van der Waals surface area (Å²) in [6, 6.07) is 54.6. The van der Waals surface area contributed by atoms with Crippen LogP contribution in [0.3, 0.4) is 0 Å². The summed E-state index contributed by atoms with van der Waals surface area (Å²) in [6.07, 6.45) is 0. The van der Waals surface area contributed by atoms with E-state index in [1.807, 2.05) is 11.3 Å². The number of nitrogens with zero attached hydrogens (tertiary/aromatic N) is 3. The lowest BCUT2D eigenvalue weighted by molar-refractivity contribution is 1.17. The molecule has 0 amide bonds. The molecule has 6 aromatic carbocycles. The first-order chi connectivity index (χ1) is 20.9. The molecule has 0 radical (unpaired) electrons. The molecule has 3 aromatic heterocycles. The summed E-state index contributed by atoms with van der Waals surface area (Å²) in [5.74, 6) is 0. The number of hydrogen-bond donors (Lipinski definition) is 0. The summed E-state index contributed by atoms with van der Waals surface area (Å²) in [5.41, 5.74) is 9.53. The molecular weight excluding hydrogens is 531 g/mol. The smallest absolute Gasteiger partial charge is 0.126 e. The highest BCUT2D eigenvalue weighted by Crippen LogP contribution is 2.47. The van der Waals surface area contributed by atoms with E-state index in [1.165, 1.54) is 53.4 Å². The van der Waals surface area contributed by atoms with E-state index in [0.29, 0.717) is 0 Å². The zero-order valence-corrected chi connectivity index (χ0v) is 23.5. The average molecular weight is 556 g/mol. The maximum absolute atomic E-state index is 2.42. The lowest BCUT2D eigenvalue weighted by atomic mass is 10.1. The Morgan fingerprint density at radius 2 is 0.952 bits per heavy atom. The maximum atomic E-state index is 2.42. The summed E-state index contributed by atoms with van der Waals surface area (Å²) < 4.78 is 6.08. The molecule has 0 aliphatic carbocycles. The highest BCUT2D eigenvalue weighted by Gasteiger charge is 2.24. The topological polar surface area (TPSA) is 12.6 Å². The Balaban J connectivity index is 1.29. The third-order valence-corrected chi connectivity index (χ3v) is 9.44. The molecule has 9 aromatic rings. The molecule has 0 saturated carbocycles. The highest BCUT2D eigenvalue weighted by molar-refractivity contribution is 7.24. The molecule has 0 N–H and O–H groups in total. The van der Waals surface area contributed by atoms with E-state index in [4.69, 9.17) is 0 Å². The number of aromatic nitrogens is 2.